The van der Waals surface area contributed by atoms with Crippen LogP contribution in [0.25, 0.3) is 88.2 Å². The number of fused-ring (bicyclic) bond motifs is 9. The van der Waals surface area contributed by atoms with Crippen molar-refractivity contribution in [3.8, 4) is 44.8 Å². The summed E-state index contributed by atoms with van der Waals surface area (Å²) in [5, 5.41) is 5.77. The molecule has 0 unspecified atom stereocenters. The molecule has 230 valence electrons. The summed E-state index contributed by atoms with van der Waals surface area (Å²) in [6.07, 6.45) is 5.65. The number of rotatable bonds is 3. The van der Waals surface area contributed by atoms with E-state index in [-0.39, 0.29) is 5.41 Å². The minimum Gasteiger partial charge on any atom is -0.256 e. The molecule has 4 aromatic heterocycles. The number of hydrogen-bond donors (Lipinski definition) is 0. The van der Waals surface area contributed by atoms with Gasteiger partial charge in [-0.1, -0.05) is 92.7 Å². The molecule has 0 aliphatic heterocycles. The van der Waals surface area contributed by atoms with E-state index >= 15 is 0 Å². The van der Waals surface area contributed by atoms with E-state index < -0.39 is 0 Å². The molecule has 0 amide bonds. The zero-order valence-electron chi connectivity index (χ0n) is 27.1. The lowest BCUT2D eigenvalue weighted by molar-refractivity contribution is 0.660. The molecule has 49 heavy (non-hydrogen) atoms. The summed E-state index contributed by atoms with van der Waals surface area (Å²) in [5.74, 6) is 0. The van der Waals surface area contributed by atoms with Crippen LogP contribution >= 0.6 is 0 Å². The smallest absolute Gasteiger partial charge is 0.0972 e. The Hall–Kier alpha value is -6.26. The van der Waals surface area contributed by atoms with Gasteiger partial charge in [0.2, 0.25) is 0 Å². The van der Waals surface area contributed by atoms with Crippen LogP contribution in [0.3, 0.4) is 0 Å². The predicted octanol–water partition coefficient (Wildman–Crippen LogP) is 11.2. The molecule has 0 fully saturated rings. The van der Waals surface area contributed by atoms with Crippen molar-refractivity contribution in [3.05, 3.63) is 157 Å². The minimum absolute atomic E-state index is 0.265. The van der Waals surface area contributed by atoms with Gasteiger partial charge in [-0.25, -0.2) is 4.98 Å². The Morgan fingerprint density at radius 2 is 1.22 bits per heavy atom. The van der Waals surface area contributed by atoms with Crippen LogP contribution in [0.5, 0.6) is 0 Å². The summed E-state index contributed by atoms with van der Waals surface area (Å²) in [6, 6.07) is 45.3. The first-order valence-corrected chi connectivity index (χ1v) is 16.7. The molecular weight excluding hydrogens is 597 g/mol. The van der Waals surface area contributed by atoms with Gasteiger partial charge in [0, 0.05) is 51.3 Å². The van der Waals surface area contributed by atoms with Crippen LogP contribution in [0.4, 0.5) is 0 Å². The molecule has 0 radical (unpaired) electrons. The van der Waals surface area contributed by atoms with Gasteiger partial charge in [-0.05, 0) is 92.7 Å². The van der Waals surface area contributed by atoms with Crippen LogP contribution in [0.2, 0.25) is 0 Å². The Morgan fingerprint density at radius 3 is 2.12 bits per heavy atom. The summed E-state index contributed by atoms with van der Waals surface area (Å²) in [5.41, 5.74) is 13.8. The van der Waals surface area contributed by atoms with E-state index in [0.29, 0.717) is 0 Å². The Morgan fingerprint density at radius 1 is 0.449 bits per heavy atom. The van der Waals surface area contributed by atoms with E-state index in [0.717, 1.165) is 66.4 Å². The molecule has 10 rings (SSSR count). The van der Waals surface area contributed by atoms with Crippen LogP contribution in [0.15, 0.2) is 146 Å². The fraction of sp³-hybridized carbons (Fsp3) is 0.0667. The lowest BCUT2D eigenvalue weighted by atomic mass is 9.80. The van der Waals surface area contributed by atoms with Gasteiger partial charge in [-0.3, -0.25) is 15.0 Å². The standard InChI is InChI=1S/C45H30N4/c1-45(2)37-26-36(30-16-15-27-9-3-4-10-28(27)23-30)34-13-8-21-47-42(34)40(37)44-38(45)25-32-17-18-35-33(19-22-48-43(35)41(32)49-44)29-11-7-12-31(24-29)39-14-5-6-20-46-39/h3-26H,1-2H3. The first-order valence-electron chi connectivity index (χ1n) is 16.7. The molecule has 4 heterocycles. The van der Waals surface area contributed by atoms with Crippen molar-refractivity contribution in [2.24, 2.45) is 0 Å². The van der Waals surface area contributed by atoms with E-state index in [1.54, 1.807) is 0 Å². The van der Waals surface area contributed by atoms with Crippen molar-refractivity contribution in [1.82, 2.24) is 19.9 Å². The van der Waals surface area contributed by atoms with Crippen LogP contribution < -0.4 is 0 Å². The topological polar surface area (TPSA) is 51.6 Å². The highest BCUT2D eigenvalue weighted by Gasteiger charge is 2.39. The second-order valence-electron chi connectivity index (χ2n) is 13.5. The summed E-state index contributed by atoms with van der Waals surface area (Å²) in [7, 11) is 0. The van der Waals surface area contributed by atoms with E-state index in [9.17, 15) is 0 Å². The normalized spacial score (nSPS) is 13.3. The molecule has 0 atom stereocenters. The van der Waals surface area contributed by atoms with Gasteiger partial charge in [-0.2, -0.15) is 0 Å². The molecule has 9 aromatic rings. The fourth-order valence-electron chi connectivity index (χ4n) is 7.86. The first-order chi connectivity index (χ1) is 24.0. The van der Waals surface area contributed by atoms with Crippen LogP contribution in [0.1, 0.15) is 25.0 Å². The van der Waals surface area contributed by atoms with Gasteiger partial charge in [0.25, 0.3) is 0 Å². The molecule has 1 aliphatic rings. The van der Waals surface area contributed by atoms with Crippen molar-refractivity contribution in [2.45, 2.75) is 19.3 Å². The molecular formula is C45H30N4. The monoisotopic (exact) mass is 626 g/mol. The Bertz CT molecular complexity index is 2800. The van der Waals surface area contributed by atoms with Crippen molar-refractivity contribution < 1.29 is 0 Å². The fourth-order valence-corrected chi connectivity index (χ4v) is 7.86. The number of aromatic nitrogens is 4. The maximum Gasteiger partial charge on any atom is 0.0972 e. The Labute approximate surface area is 283 Å². The third kappa shape index (κ3) is 4.17. The van der Waals surface area contributed by atoms with Crippen LogP contribution in [0, 0.1) is 0 Å². The van der Waals surface area contributed by atoms with Gasteiger partial charge < -0.3 is 0 Å². The van der Waals surface area contributed by atoms with Crippen LogP contribution in [-0.4, -0.2) is 19.9 Å². The summed E-state index contributed by atoms with van der Waals surface area (Å²) in [6.45, 7) is 4.63. The second-order valence-corrected chi connectivity index (χ2v) is 13.5. The zero-order valence-corrected chi connectivity index (χ0v) is 27.1. The lowest BCUT2D eigenvalue weighted by Gasteiger charge is -2.23. The van der Waals surface area contributed by atoms with Crippen molar-refractivity contribution in [2.75, 3.05) is 0 Å². The molecule has 0 saturated carbocycles. The summed E-state index contributed by atoms with van der Waals surface area (Å²) in [4.78, 5) is 20.1. The summed E-state index contributed by atoms with van der Waals surface area (Å²) >= 11 is 0. The van der Waals surface area contributed by atoms with E-state index in [1.165, 1.54) is 33.0 Å². The Balaban J connectivity index is 1.19. The number of benzene rings is 5. The van der Waals surface area contributed by atoms with Gasteiger partial charge in [0.05, 0.1) is 27.9 Å². The molecule has 1 aliphatic carbocycles. The molecule has 0 N–H and O–H groups in total. The number of nitrogens with zero attached hydrogens (tertiary/aromatic N) is 4. The van der Waals surface area contributed by atoms with E-state index in [4.69, 9.17) is 15.0 Å². The van der Waals surface area contributed by atoms with Crippen molar-refractivity contribution in [3.63, 3.8) is 0 Å². The van der Waals surface area contributed by atoms with Crippen molar-refractivity contribution >= 4 is 43.5 Å². The number of pyridine rings is 4. The maximum absolute atomic E-state index is 5.50. The number of hydrogen-bond acceptors (Lipinski definition) is 4. The quantitative estimate of drug-likeness (QED) is 0.183. The largest absolute Gasteiger partial charge is 0.256 e. The highest BCUT2D eigenvalue weighted by molar-refractivity contribution is 6.12. The first kappa shape index (κ1) is 27.8. The highest BCUT2D eigenvalue weighted by Crippen LogP contribution is 2.53. The molecule has 4 heteroatoms. The third-order valence-corrected chi connectivity index (χ3v) is 10.4. The summed E-state index contributed by atoms with van der Waals surface area (Å²) < 4.78 is 0. The van der Waals surface area contributed by atoms with Gasteiger partial charge >= 0.3 is 0 Å². The van der Waals surface area contributed by atoms with Crippen LogP contribution in [-0.2, 0) is 5.41 Å². The van der Waals surface area contributed by atoms with E-state index in [2.05, 4.69) is 122 Å². The molecule has 0 spiro atoms. The predicted molar refractivity (Wildman–Crippen MR) is 202 cm³/mol. The second kappa shape index (κ2) is 10.4. The third-order valence-electron chi connectivity index (χ3n) is 10.4. The lowest BCUT2D eigenvalue weighted by Crippen LogP contribution is -2.15. The Kier molecular flexibility index (Phi) is 5.89. The van der Waals surface area contributed by atoms with Gasteiger partial charge in [-0.15, -0.1) is 0 Å². The molecule has 0 bridgehead atoms. The molecule has 5 aromatic carbocycles. The average molecular weight is 627 g/mol. The zero-order chi connectivity index (χ0) is 32.7. The average Bonchev–Trinajstić information content (AvgIpc) is 3.38. The SMILES string of the molecule is CC1(C)c2cc3ccc4c(-c5cccc(-c6ccccn6)c5)ccnc4c3nc2-c2c1cc(-c1ccc3ccccc3c1)c1cccnc21. The minimum atomic E-state index is -0.265. The van der Waals surface area contributed by atoms with Crippen molar-refractivity contribution in [1.29, 1.82) is 0 Å². The highest BCUT2D eigenvalue weighted by atomic mass is 14.8. The van der Waals surface area contributed by atoms with Gasteiger partial charge in [0.1, 0.15) is 0 Å². The molecule has 0 saturated heterocycles. The maximum atomic E-state index is 5.50. The van der Waals surface area contributed by atoms with Gasteiger partial charge in [0.15, 0.2) is 0 Å². The molecule has 4 nitrogen and oxygen atoms in total. The van der Waals surface area contributed by atoms with E-state index in [1.807, 2.05) is 42.9 Å².